The Morgan fingerprint density at radius 1 is 1.06 bits per heavy atom. The van der Waals surface area contributed by atoms with Crippen LogP contribution in [0.3, 0.4) is 0 Å². The molecule has 0 bridgehead atoms. The van der Waals surface area contributed by atoms with Crippen LogP contribution in [-0.2, 0) is 4.74 Å². The van der Waals surface area contributed by atoms with Gasteiger partial charge >= 0.3 is 0 Å². The van der Waals surface area contributed by atoms with Crippen molar-refractivity contribution in [1.29, 1.82) is 0 Å². The van der Waals surface area contributed by atoms with Crippen LogP contribution in [0.15, 0.2) is 24.3 Å². The number of nitrogens with two attached hydrogens (primary N) is 1. The van der Waals surface area contributed by atoms with Crippen LogP contribution >= 0.6 is 0 Å². The van der Waals surface area contributed by atoms with Gasteiger partial charge in [0.2, 0.25) is 0 Å². The fourth-order valence-electron chi connectivity index (χ4n) is 1.30. The maximum atomic E-state index is 5.75. The van der Waals surface area contributed by atoms with E-state index >= 15 is 0 Å². The van der Waals surface area contributed by atoms with Crippen LogP contribution in [0, 0.1) is 5.41 Å². The van der Waals surface area contributed by atoms with E-state index in [0.717, 1.165) is 18.8 Å². The Hall–Kier alpha value is -1.22. The van der Waals surface area contributed by atoms with Gasteiger partial charge in [-0.3, -0.25) is 0 Å². The molecule has 1 aromatic carbocycles. The highest BCUT2D eigenvalue weighted by Gasteiger charge is 2.09. The molecule has 0 aliphatic heterocycles. The van der Waals surface area contributed by atoms with Gasteiger partial charge in [-0.25, -0.2) is 0 Å². The molecule has 0 unspecified atom stereocenters. The van der Waals surface area contributed by atoms with Crippen molar-refractivity contribution in [1.82, 2.24) is 0 Å². The van der Waals surface area contributed by atoms with Crippen molar-refractivity contribution in [2.45, 2.75) is 27.2 Å². The number of hydrogen-bond donors (Lipinski definition) is 1. The van der Waals surface area contributed by atoms with Gasteiger partial charge in [0.15, 0.2) is 0 Å². The largest absolute Gasteiger partial charge is 0.489 e. The maximum absolute atomic E-state index is 5.75. The highest BCUT2D eigenvalue weighted by molar-refractivity contribution is 5.51. The minimum absolute atomic E-state index is 0.324. The smallest absolute Gasteiger partial charge is 0.142 e. The van der Waals surface area contributed by atoms with E-state index in [-0.39, 0.29) is 0 Å². The minimum atomic E-state index is 0.324. The van der Waals surface area contributed by atoms with Gasteiger partial charge in [-0.15, -0.1) is 0 Å². The second-order valence-corrected chi connectivity index (χ2v) is 5.31. The van der Waals surface area contributed by atoms with Crippen LogP contribution in [0.4, 0.5) is 5.69 Å². The molecule has 2 N–H and O–H groups in total. The molecule has 3 heteroatoms. The summed E-state index contributed by atoms with van der Waals surface area (Å²) >= 11 is 0. The lowest BCUT2D eigenvalue weighted by Crippen LogP contribution is -2.13. The molecule has 0 saturated heterocycles. The quantitative estimate of drug-likeness (QED) is 0.610. The third-order valence-electron chi connectivity index (χ3n) is 2.40. The normalized spacial score (nSPS) is 11.5. The van der Waals surface area contributed by atoms with Crippen LogP contribution < -0.4 is 10.5 Å². The molecule has 0 aliphatic rings. The molecule has 0 fully saturated rings. The zero-order chi connectivity index (χ0) is 12.7. The summed E-state index contributed by atoms with van der Waals surface area (Å²) < 4.78 is 11.0. The van der Waals surface area contributed by atoms with E-state index in [1.165, 1.54) is 0 Å². The monoisotopic (exact) mass is 237 g/mol. The Kier molecular flexibility index (Phi) is 5.29. The fraction of sp³-hybridized carbons (Fsp3) is 0.571. The molecule has 1 rings (SSSR count). The Morgan fingerprint density at radius 3 is 2.41 bits per heavy atom. The molecule has 0 spiro atoms. The van der Waals surface area contributed by atoms with Gasteiger partial charge in [0.05, 0.1) is 12.3 Å². The average Bonchev–Trinajstić information content (AvgIpc) is 2.24. The SMILES string of the molecule is CC(C)(C)CCOCCOc1ccccc1N. The zero-order valence-corrected chi connectivity index (χ0v) is 11.0. The second-order valence-electron chi connectivity index (χ2n) is 5.31. The van der Waals surface area contributed by atoms with Crippen molar-refractivity contribution in [2.24, 2.45) is 5.41 Å². The van der Waals surface area contributed by atoms with E-state index < -0.39 is 0 Å². The number of rotatable bonds is 6. The van der Waals surface area contributed by atoms with E-state index in [0.29, 0.717) is 24.3 Å². The highest BCUT2D eigenvalue weighted by atomic mass is 16.5. The van der Waals surface area contributed by atoms with Crippen molar-refractivity contribution in [3.05, 3.63) is 24.3 Å². The molecule has 17 heavy (non-hydrogen) atoms. The van der Waals surface area contributed by atoms with Crippen molar-refractivity contribution in [3.8, 4) is 5.75 Å². The number of nitrogen functional groups attached to an aromatic ring is 1. The van der Waals surface area contributed by atoms with Crippen molar-refractivity contribution in [3.63, 3.8) is 0 Å². The maximum Gasteiger partial charge on any atom is 0.142 e. The summed E-state index contributed by atoms with van der Waals surface area (Å²) in [6.45, 7) is 8.53. The summed E-state index contributed by atoms with van der Waals surface area (Å²) in [6.07, 6.45) is 1.06. The summed E-state index contributed by atoms with van der Waals surface area (Å²) in [5.74, 6) is 0.729. The molecule has 0 aromatic heterocycles. The van der Waals surface area contributed by atoms with Crippen molar-refractivity contribution < 1.29 is 9.47 Å². The van der Waals surface area contributed by atoms with E-state index in [1.807, 2.05) is 24.3 Å². The van der Waals surface area contributed by atoms with Crippen LogP contribution in [0.5, 0.6) is 5.75 Å². The van der Waals surface area contributed by atoms with E-state index in [1.54, 1.807) is 0 Å². The fourth-order valence-corrected chi connectivity index (χ4v) is 1.30. The van der Waals surface area contributed by atoms with Crippen molar-refractivity contribution in [2.75, 3.05) is 25.6 Å². The second kappa shape index (κ2) is 6.50. The number of ether oxygens (including phenoxy) is 2. The summed E-state index contributed by atoms with van der Waals surface area (Å²) in [7, 11) is 0. The summed E-state index contributed by atoms with van der Waals surface area (Å²) in [4.78, 5) is 0. The molecular weight excluding hydrogens is 214 g/mol. The van der Waals surface area contributed by atoms with Gasteiger partial charge in [0.25, 0.3) is 0 Å². The first-order valence-corrected chi connectivity index (χ1v) is 6.04. The Balaban J connectivity index is 2.11. The molecule has 0 saturated carbocycles. The topological polar surface area (TPSA) is 44.5 Å². The standard InChI is InChI=1S/C14H23NO2/c1-14(2,3)8-9-16-10-11-17-13-7-5-4-6-12(13)15/h4-7H,8-11,15H2,1-3H3. The number of anilines is 1. The first kappa shape index (κ1) is 13.8. The number of benzene rings is 1. The number of para-hydroxylation sites is 2. The van der Waals surface area contributed by atoms with E-state index in [2.05, 4.69) is 20.8 Å². The Labute approximate surface area is 104 Å². The van der Waals surface area contributed by atoms with Crippen LogP contribution in [0.25, 0.3) is 0 Å². The lowest BCUT2D eigenvalue weighted by molar-refractivity contribution is 0.0821. The number of hydrogen-bond acceptors (Lipinski definition) is 3. The van der Waals surface area contributed by atoms with Gasteiger partial charge in [-0.05, 0) is 24.0 Å². The van der Waals surface area contributed by atoms with Gasteiger partial charge in [0, 0.05) is 6.61 Å². The lowest BCUT2D eigenvalue weighted by Gasteiger charge is -2.17. The van der Waals surface area contributed by atoms with Gasteiger partial charge in [-0.1, -0.05) is 32.9 Å². The molecule has 0 atom stereocenters. The molecule has 3 nitrogen and oxygen atoms in total. The molecule has 0 aliphatic carbocycles. The highest BCUT2D eigenvalue weighted by Crippen LogP contribution is 2.20. The van der Waals surface area contributed by atoms with Gasteiger partial charge < -0.3 is 15.2 Å². The zero-order valence-electron chi connectivity index (χ0n) is 11.0. The summed E-state index contributed by atoms with van der Waals surface area (Å²) in [6, 6.07) is 7.49. The van der Waals surface area contributed by atoms with E-state index in [4.69, 9.17) is 15.2 Å². The first-order valence-electron chi connectivity index (χ1n) is 6.04. The minimum Gasteiger partial charge on any atom is -0.489 e. The average molecular weight is 237 g/mol. The van der Waals surface area contributed by atoms with E-state index in [9.17, 15) is 0 Å². The molecule has 0 amide bonds. The third kappa shape index (κ3) is 6.17. The predicted octanol–water partition coefficient (Wildman–Crippen LogP) is 3.10. The summed E-state index contributed by atoms with van der Waals surface area (Å²) in [5, 5.41) is 0. The van der Waals surface area contributed by atoms with Gasteiger partial charge in [0.1, 0.15) is 12.4 Å². The summed E-state index contributed by atoms with van der Waals surface area (Å²) in [5.41, 5.74) is 6.75. The van der Waals surface area contributed by atoms with Crippen LogP contribution in [0.1, 0.15) is 27.2 Å². The third-order valence-corrected chi connectivity index (χ3v) is 2.40. The Morgan fingerprint density at radius 2 is 1.76 bits per heavy atom. The molecule has 0 heterocycles. The van der Waals surface area contributed by atoms with Crippen LogP contribution in [-0.4, -0.2) is 19.8 Å². The molecular formula is C14H23NO2. The first-order chi connectivity index (χ1) is 7.99. The molecule has 0 radical (unpaired) electrons. The lowest BCUT2D eigenvalue weighted by atomic mass is 9.93. The Bertz CT molecular complexity index is 331. The predicted molar refractivity (Wildman–Crippen MR) is 71.2 cm³/mol. The molecule has 96 valence electrons. The van der Waals surface area contributed by atoms with Gasteiger partial charge in [-0.2, -0.15) is 0 Å². The van der Waals surface area contributed by atoms with Crippen LogP contribution in [0.2, 0.25) is 0 Å². The molecule has 1 aromatic rings. The van der Waals surface area contributed by atoms with Crippen molar-refractivity contribution >= 4 is 5.69 Å².